The highest BCUT2D eigenvalue weighted by Crippen LogP contribution is 2.32. The van der Waals surface area contributed by atoms with Gasteiger partial charge >= 0.3 is 0 Å². The van der Waals surface area contributed by atoms with Gasteiger partial charge in [0.25, 0.3) is 0 Å². The summed E-state index contributed by atoms with van der Waals surface area (Å²) in [6.07, 6.45) is 1.99. The normalized spacial score (nSPS) is 15.3. The molecule has 0 aliphatic heterocycles. The predicted octanol–water partition coefficient (Wildman–Crippen LogP) is 2.69. The summed E-state index contributed by atoms with van der Waals surface area (Å²) in [4.78, 5) is 4.28. The molecule has 3 rings (SSSR count). The molecule has 1 aliphatic carbocycles. The first-order valence-electron chi connectivity index (χ1n) is 5.32. The molecule has 82 valence electrons. The van der Waals surface area contributed by atoms with Crippen LogP contribution in [-0.2, 0) is 18.7 Å². The van der Waals surface area contributed by atoms with E-state index in [9.17, 15) is 0 Å². The zero-order valence-electron chi connectivity index (χ0n) is 8.69. The van der Waals surface area contributed by atoms with Gasteiger partial charge in [-0.2, -0.15) is 4.98 Å². The third-order valence-corrected chi connectivity index (χ3v) is 3.24. The van der Waals surface area contributed by atoms with Gasteiger partial charge in [-0.3, -0.25) is 0 Å². The van der Waals surface area contributed by atoms with E-state index in [0.29, 0.717) is 11.8 Å². The number of alkyl halides is 1. The summed E-state index contributed by atoms with van der Waals surface area (Å²) in [6, 6.07) is 8.47. The minimum Gasteiger partial charge on any atom is -0.338 e. The molecule has 4 heteroatoms. The molecular formula is C12H11ClN2O. The second-order valence-electron chi connectivity index (χ2n) is 4.05. The van der Waals surface area contributed by atoms with Crippen LogP contribution in [0.15, 0.2) is 28.8 Å². The smallest absolute Gasteiger partial charge is 0.241 e. The van der Waals surface area contributed by atoms with Crippen molar-refractivity contribution >= 4 is 11.6 Å². The molecule has 0 saturated heterocycles. The monoisotopic (exact) mass is 234 g/mol. The van der Waals surface area contributed by atoms with Crippen LogP contribution in [0, 0.1) is 0 Å². The number of nitrogens with zero attached hydrogens (tertiary/aromatic N) is 2. The van der Waals surface area contributed by atoms with Gasteiger partial charge in [0.05, 0.1) is 0 Å². The Bertz CT molecular complexity index is 484. The van der Waals surface area contributed by atoms with Gasteiger partial charge in [0.2, 0.25) is 5.89 Å². The van der Waals surface area contributed by atoms with E-state index in [4.69, 9.17) is 16.1 Å². The van der Waals surface area contributed by atoms with E-state index in [1.165, 1.54) is 11.1 Å². The van der Waals surface area contributed by atoms with Gasteiger partial charge in [-0.25, -0.2) is 0 Å². The molecule has 0 spiro atoms. The van der Waals surface area contributed by atoms with Crippen LogP contribution in [-0.4, -0.2) is 10.1 Å². The maximum Gasteiger partial charge on any atom is 0.241 e. The van der Waals surface area contributed by atoms with Crippen molar-refractivity contribution < 1.29 is 4.52 Å². The standard InChI is InChI=1S/C12H11ClN2O/c13-7-11-14-12(15-16-11)10-5-8-3-1-2-4-9(8)6-10/h1-4,10H,5-7H2. The molecule has 0 radical (unpaired) electrons. The minimum atomic E-state index is 0.284. The van der Waals surface area contributed by atoms with Crippen LogP contribution in [0.4, 0.5) is 0 Å². The maximum atomic E-state index is 5.64. The second-order valence-corrected chi connectivity index (χ2v) is 4.32. The molecule has 0 unspecified atom stereocenters. The molecule has 1 heterocycles. The molecule has 0 N–H and O–H groups in total. The van der Waals surface area contributed by atoms with Gasteiger partial charge in [0.1, 0.15) is 5.88 Å². The number of hydrogen-bond acceptors (Lipinski definition) is 3. The Balaban J connectivity index is 1.85. The first-order valence-corrected chi connectivity index (χ1v) is 5.85. The van der Waals surface area contributed by atoms with E-state index in [0.717, 1.165) is 18.7 Å². The number of benzene rings is 1. The molecule has 1 aromatic heterocycles. The van der Waals surface area contributed by atoms with E-state index < -0.39 is 0 Å². The van der Waals surface area contributed by atoms with Crippen molar-refractivity contribution in [2.75, 3.05) is 0 Å². The van der Waals surface area contributed by atoms with Crippen LogP contribution in [0.3, 0.4) is 0 Å². The summed E-state index contributed by atoms with van der Waals surface area (Å²) in [5.74, 6) is 1.92. The maximum absolute atomic E-state index is 5.64. The Morgan fingerprint density at radius 2 is 1.94 bits per heavy atom. The predicted molar refractivity (Wildman–Crippen MR) is 60.4 cm³/mol. The highest BCUT2D eigenvalue weighted by atomic mass is 35.5. The molecule has 16 heavy (non-hydrogen) atoms. The van der Waals surface area contributed by atoms with Crippen LogP contribution in [0.2, 0.25) is 0 Å². The molecule has 0 amide bonds. The lowest BCUT2D eigenvalue weighted by Crippen LogP contribution is -2.00. The van der Waals surface area contributed by atoms with Crippen LogP contribution in [0.1, 0.15) is 28.8 Å². The van der Waals surface area contributed by atoms with E-state index >= 15 is 0 Å². The van der Waals surface area contributed by atoms with Crippen molar-refractivity contribution in [2.24, 2.45) is 0 Å². The van der Waals surface area contributed by atoms with Gasteiger partial charge in [-0.1, -0.05) is 29.4 Å². The lowest BCUT2D eigenvalue weighted by molar-refractivity contribution is 0.380. The number of halogens is 1. The van der Waals surface area contributed by atoms with Gasteiger partial charge in [0.15, 0.2) is 5.82 Å². The lowest BCUT2D eigenvalue weighted by atomic mass is 10.1. The van der Waals surface area contributed by atoms with Crippen molar-refractivity contribution in [3.8, 4) is 0 Å². The number of hydrogen-bond donors (Lipinski definition) is 0. The Labute approximate surface area is 98.4 Å². The average Bonchev–Trinajstić information content (AvgIpc) is 2.95. The molecule has 3 nitrogen and oxygen atoms in total. The highest BCUT2D eigenvalue weighted by molar-refractivity contribution is 6.16. The van der Waals surface area contributed by atoms with Crippen molar-refractivity contribution in [3.63, 3.8) is 0 Å². The van der Waals surface area contributed by atoms with Gasteiger partial charge in [0, 0.05) is 5.92 Å². The number of aromatic nitrogens is 2. The van der Waals surface area contributed by atoms with E-state index in [-0.39, 0.29) is 5.88 Å². The second kappa shape index (κ2) is 3.91. The molecule has 0 fully saturated rings. The van der Waals surface area contributed by atoms with Crippen LogP contribution in [0.5, 0.6) is 0 Å². The van der Waals surface area contributed by atoms with Crippen LogP contribution >= 0.6 is 11.6 Å². The average molecular weight is 235 g/mol. The minimum absolute atomic E-state index is 0.284. The first-order chi connectivity index (χ1) is 7.86. The SMILES string of the molecule is ClCc1nc(C2Cc3ccccc3C2)no1. The third-order valence-electron chi connectivity index (χ3n) is 3.01. The zero-order valence-corrected chi connectivity index (χ0v) is 9.44. The Kier molecular flexibility index (Phi) is 2.40. The fourth-order valence-corrected chi connectivity index (χ4v) is 2.34. The van der Waals surface area contributed by atoms with Gasteiger partial charge in [-0.05, 0) is 24.0 Å². The fraction of sp³-hybridized carbons (Fsp3) is 0.333. The van der Waals surface area contributed by atoms with E-state index in [1.807, 2.05) is 0 Å². The molecule has 1 aliphatic rings. The van der Waals surface area contributed by atoms with E-state index in [2.05, 4.69) is 34.4 Å². The topological polar surface area (TPSA) is 38.9 Å². The largest absolute Gasteiger partial charge is 0.338 e. The summed E-state index contributed by atoms with van der Waals surface area (Å²) in [7, 11) is 0. The summed E-state index contributed by atoms with van der Waals surface area (Å²) >= 11 is 5.64. The lowest BCUT2D eigenvalue weighted by Gasteiger charge is -2.00. The third kappa shape index (κ3) is 1.61. The molecule has 0 bridgehead atoms. The number of fused-ring (bicyclic) bond motifs is 1. The summed E-state index contributed by atoms with van der Waals surface area (Å²) < 4.78 is 5.03. The molecule has 1 aromatic carbocycles. The van der Waals surface area contributed by atoms with Crippen molar-refractivity contribution in [1.82, 2.24) is 10.1 Å². The summed E-state index contributed by atoms with van der Waals surface area (Å²) in [5, 5.41) is 3.98. The molecule has 2 aromatic rings. The van der Waals surface area contributed by atoms with Crippen molar-refractivity contribution in [1.29, 1.82) is 0 Å². The van der Waals surface area contributed by atoms with Crippen molar-refractivity contribution in [3.05, 3.63) is 47.1 Å². The Morgan fingerprint density at radius 3 is 2.50 bits per heavy atom. The van der Waals surface area contributed by atoms with E-state index in [1.54, 1.807) is 0 Å². The van der Waals surface area contributed by atoms with Gasteiger partial charge in [-0.15, -0.1) is 11.6 Å². The molecular weight excluding hydrogens is 224 g/mol. The highest BCUT2D eigenvalue weighted by Gasteiger charge is 2.26. The quantitative estimate of drug-likeness (QED) is 0.750. The Morgan fingerprint density at radius 1 is 1.25 bits per heavy atom. The Hall–Kier alpha value is -1.35. The number of rotatable bonds is 2. The van der Waals surface area contributed by atoms with Crippen molar-refractivity contribution in [2.45, 2.75) is 24.6 Å². The fourth-order valence-electron chi connectivity index (χ4n) is 2.23. The summed E-state index contributed by atoms with van der Waals surface area (Å²) in [5.41, 5.74) is 2.79. The first kappa shape index (κ1) is 9.85. The van der Waals surface area contributed by atoms with Crippen LogP contribution in [0.25, 0.3) is 0 Å². The molecule has 0 atom stereocenters. The zero-order chi connectivity index (χ0) is 11.0. The summed E-state index contributed by atoms with van der Waals surface area (Å²) in [6.45, 7) is 0. The van der Waals surface area contributed by atoms with Crippen LogP contribution < -0.4 is 0 Å². The van der Waals surface area contributed by atoms with Gasteiger partial charge < -0.3 is 4.52 Å². The molecule has 0 saturated carbocycles.